The van der Waals surface area contributed by atoms with Gasteiger partial charge in [-0.1, -0.05) is 18.2 Å². The second kappa shape index (κ2) is 8.33. The summed E-state index contributed by atoms with van der Waals surface area (Å²) in [5.74, 6) is 0.132. The van der Waals surface area contributed by atoms with Crippen LogP contribution in [-0.2, 0) is 17.8 Å². The first-order chi connectivity index (χ1) is 13.1. The van der Waals surface area contributed by atoms with Gasteiger partial charge in [-0.05, 0) is 24.1 Å². The van der Waals surface area contributed by atoms with Crippen LogP contribution in [0.3, 0.4) is 0 Å². The van der Waals surface area contributed by atoms with Gasteiger partial charge < -0.3 is 25.9 Å². The summed E-state index contributed by atoms with van der Waals surface area (Å²) in [7, 11) is 1.58. The van der Waals surface area contributed by atoms with Crippen molar-refractivity contribution < 1.29 is 14.6 Å². The minimum absolute atomic E-state index is 0.153. The van der Waals surface area contributed by atoms with E-state index in [0.29, 0.717) is 31.0 Å². The number of nitrogens with zero attached hydrogens (tertiary/aromatic N) is 2. The number of rotatable bonds is 7. The van der Waals surface area contributed by atoms with Gasteiger partial charge in [0.15, 0.2) is 0 Å². The van der Waals surface area contributed by atoms with E-state index in [-0.39, 0.29) is 17.6 Å². The number of nitrogens with two attached hydrogens (primary N) is 1. The average Bonchev–Trinajstić information content (AvgIpc) is 3.15. The van der Waals surface area contributed by atoms with Gasteiger partial charge in [0.25, 0.3) is 5.91 Å². The molecule has 1 aromatic carbocycles. The Bertz CT molecular complexity index is 939. The fraction of sp³-hybridized carbons (Fsp3) is 0.211. The van der Waals surface area contributed by atoms with Gasteiger partial charge in [0.2, 0.25) is 5.95 Å². The molecule has 1 amide bonds. The van der Waals surface area contributed by atoms with Crippen molar-refractivity contribution in [3.8, 4) is 17.0 Å². The summed E-state index contributed by atoms with van der Waals surface area (Å²) in [6, 6.07) is 8.76. The van der Waals surface area contributed by atoms with Gasteiger partial charge in [-0.15, -0.1) is 0 Å². The number of carbonyl (C=O) groups is 1. The van der Waals surface area contributed by atoms with Gasteiger partial charge in [-0.3, -0.25) is 4.79 Å². The van der Waals surface area contributed by atoms with E-state index in [2.05, 4.69) is 20.3 Å². The lowest BCUT2D eigenvalue weighted by atomic mass is 10.1. The smallest absolute Gasteiger partial charge is 0.267 e. The molecule has 0 unspecified atom stereocenters. The normalized spacial score (nSPS) is 10.7. The molecular formula is C19H21N5O3. The molecule has 2 heterocycles. The number of amides is 1. The molecule has 27 heavy (non-hydrogen) atoms. The van der Waals surface area contributed by atoms with Crippen molar-refractivity contribution >= 4 is 11.9 Å². The number of phenolic OH excluding ortho intramolecular Hbond substituents is 1. The van der Waals surface area contributed by atoms with Crippen LogP contribution < -0.4 is 11.1 Å². The van der Waals surface area contributed by atoms with Crippen LogP contribution in [0, 0.1) is 0 Å². The predicted octanol–water partition coefficient (Wildman–Crippen LogP) is 1.88. The van der Waals surface area contributed by atoms with Crippen LogP contribution >= 0.6 is 0 Å². The monoisotopic (exact) mass is 367 g/mol. The molecule has 3 aromatic rings. The Kier molecular flexibility index (Phi) is 5.68. The molecule has 0 aliphatic carbocycles. The van der Waals surface area contributed by atoms with E-state index in [9.17, 15) is 9.90 Å². The molecule has 0 bridgehead atoms. The number of aromatic nitrogens is 3. The van der Waals surface area contributed by atoms with E-state index in [1.54, 1.807) is 37.7 Å². The van der Waals surface area contributed by atoms with E-state index < -0.39 is 0 Å². The molecule has 5 N–H and O–H groups in total. The third-order valence-corrected chi connectivity index (χ3v) is 4.06. The van der Waals surface area contributed by atoms with E-state index in [1.165, 1.54) is 0 Å². The minimum atomic E-state index is -0.244. The van der Waals surface area contributed by atoms with Gasteiger partial charge in [0, 0.05) is 37.2 Å². The van der Waals surface area contributed by atoms with Crippen molar-refractivity contribution in [2.24, 2.45) is 0 Å². The maximum atomic E-state index is 12.4. The van der Waals surface area contributed by atoms with Crippen LogP contribution in [0.5, 0.6) is 5.75 Å². The quantitative estimate of drug-likeness (QED) is 0.505. The van der Waals surface area contributed by atoms with Gasteiger partial charge in [0.1, 0.15) is 11.4 Å². The predicted molar refractivity (Wildman–Crippen MR) is 101 cm³/mol. The summed E-state index contributed by atoms with van der Waals surface area (Å²) in [6.45, 7) is 0.739. The van der Waals surface area contributed by atoms with Crippen molar-refractivity contribution in [2.45, 2.75) is 13.0 Å². The lowest BCUT2D eigenvalue weighted by Crippen LogP contribution is -2.25. The Balaban J connectivity index is 1.68. The summed E-state index contributed by atoms with van der Waals surface area (Å²) < 4.78 is 5.16. The zero-order valence-corrected chi connectivity index (χ0v) is 14.9. The van der Waals surface area contributed by atoms with E-state index in [1.807, 2.05) is 12.1 Å². The Morgan fingerprint density at radius 2 is 2.15 bits per heavy atom. The number of nitrogen functional groups attached to an aromatic ring is 1. The zero-order valence-electron chi connectivity index (χ0n) is 14.9. The van der Waals surface area contributed by atoms with E-state index in [0.717, 1.165) is 16.7 Å². The number of hydrogen-bond donors (Lipinski definition) is 4. The van der Waals surface area contributed by atoms with Crippen LogP contribution in [0.1, 0.15) is 21.6 Å². The number of H-pyrrole nitrogens is 1. The molecule has 8 nitrogen and oxygen atoms in total. The maximum Gasteiger partial charge on any atom is 0.267 e. The second-order valence-electron chi connectivity index (χ2n) is 5.97. The molecule has 3 rings (SSSR count). The zero-order chi connectivity index (χ0) is 19.2. The molecule has 0 radical (unpaired) electrons. The number of aromatic hydroxyl groups is 1. The number of carbonyl (C=O) groups excluding carboxylic acids is 1. The SMILES string of the molecule is COCc1cnc(N)nc1-c1c[nH]c(C(=O)NCCc2ccccc2O)c1. The summed E-state index contributed by atoms with van der Waals surface area (Å²) >= 11 is 0. The average molecular weight is 367 g/mol. The Labute approximate surface area is 156 Å². The van der Waals surface area contributed by atoms with Gasteiger partial charge in [-0.25, -0.2) is 9.97 Å². The van der Waals surface area contributed by atoms with Gasteiger partial charge in [-0.2, -0.15) is 0 Å². The number of aromatic amines is 1. The number of phenols is 1. The highest BCUT2D eigenvalue weighted by molar-refractivity contribution is 5.93. The number of methoxy groups -OCH3 is 1. The molecule has 8 heteroatoms. The Hall–Kier alpha value is -3.39. The number of benzene rings is 1. The summed E-state index contributed by atoms with van der Waals surface area (Å²) in [6.07, 6.45) is 3.84. The van der Waals surface area contributed by atoms with Crippen molar-refractivity contribution in [1.29, 1.82) is 0 Å². The fourth-order valence-electron chi connectivity index (χ4n) is 2.72. The van der Waals surface area contributed by atoms with Crippen molar-refractivity contribution in [1.82, 2.24) is 20.3 Å². The third kappa shape index (κ3) is 4.42. The molecule has 0 saturated carbocycles. The molecule has 0 aliphatic heterocycles. The molecule has 0 spiro atoms. The molecule has 0 saturated heterocycles. The molecule has 0 aliphatic rings. The summed E-state index contributed by atoms with van der Waals surface area (Å²) in [4.78, 5) is 23.5. The van der Waals surface area contributed by atoms with Crippen LogP contribution in [0.25, 0.3) is 11.3 Å². The first kappa shape index (κ1) is 18.4. The molecular weight excluding hydrogens is 346 g/mol. The fourth-order valence-corrected chi connectivity index (χ4v) is 2.72. The highest BCUT2D eigenvalue weighted by Gasteiger charge is 2.14. The molecule has 0 atom stereocenters. The minimum Gasteiger partial charge on any atom is -0.508 e. The number of ether oxygens (including phenoxy) is 1. The topological polar surface area (TPSA) is 126 Å². The van der Waals surface area contributed by atoms with Crippen LogP contribution in [0.15, 0.2) is 42.7 Å². The maximum absolute atomic E-state index is 12.4. The van der Waals surface area contributed by atoms with E-state index >= 15 is 0 Å². The van der Waals surface area contributed by atoms with Crippen molar-refractivity contribution in [3.05, 3.63) is 59.5 Å². The van der Waals surface area contributed by atoms with Crippen LogP contribution in [-0.4, -0.2) is 39.6 Å². The molecule has 2 aromatic heterocycles. The Morgan fingerprint density at radius 3 is 2.93 bits per heavy atom. The summed E-state index contributed by atoms with van der Waals surface area (Å²) in [5, 5.41) is 12.6. The largest absolute Gasteiger partial charge is 0.508 e. The first-order valence-corrected chi connectivity index (χ1v) is 8.42. The lowest BCUT2D eigenvalue weighted by molar-refractivity contribution is 0.0949. The second-order valence-corrected chi connectivity index (χ2v) is 5.97. The van der Waals surface area contributed by atoms with Crippen LogP contribution in [0.4, 0.5) is 5.95 Å². The van der Waals surface area contributed by atoms with Gasteiger partial charge >= 0.3 is 0 Å². The lowest BCUT2D eigenvalue weighted by Gasteiger charge is -2.06. The standard InChI is InChI=1S/C19H21N5O3/c1-27-11-14-10-23-19(20)24-17(14)13-8-15(22-9-13)18(26)21-7-6-12-4-2-3-5-16(12)25/h2-5,8-10,22,25H,6-7,11H2,1H3,(H,21,26)(H2,20,23,24). The van der Waals surface area contributed by atoms with E-state index in [4.69, 9.17) is 10.5 Å². The van der Waals surface area contributed by atoms with Crippen LogP contribution in [0.2, 0.25) is 0 Å². The number of para-hydroxylation sites is 1. The Morgan fingerprint density at radius 1 is 1.33 bits per heavy atom. The summed E-state index contributed by atoms with van der Waals surface area (Å²) in [5.41, 5.74) is 8.99. The van der Waals surface area contributed by atoms with Crippen molar-refractivity contribution in [2.75, 3.05) is 19.4 Å². The first-order valence-electron chi connectivity index (χ1n) is 8.42. The molecule has 140 valence electrons. The van der Waals surface area contributed by atoms with Gasteiger partial charge in [0.05, 0.1) is 12.3 Å². The molecule has 0 fully saturated rings. The van der Waals surface area contributed by atoms with Crippen molar-refractivity contribution in [3.63, 3.8) is 0 Å². The highest BCUT2D eigenvalue weighted by Crippen LogP contribution is 2.23. The number of nitrogens with one attached hydrogen (secondary N) is 2. The number of hydrogen-bond acceptors (Lipinski definition) is 6. The number of anilines is 1. The highest BCUT2D eigenvalue weighted by atomic mass is 16.5. The third-order valence-electron chi connectivity index (χ3n) is 4.06.